The minimum Gasteiger partial charge on any atom is -0.304 e. The average molecular weight is 300 g/mol. The number of hydrogen-bond acceptors (Lipinski definition) is 2. The Morgan fingerprint density at radius 2 is 1.81 bits per heavy atom. The average Bonchev–Trinajstić information content (AvgIpc) is 2.84. The number of carbonyl (C=O) groups excluding carboxylic acids is 2. The van der Waals surface area contributed by atoms with Crippen molar-refractivity contribution in [3.05, 3.63) is 65.2 Å². The molecule has 0 saturated heterocycles. The van der Waals surface area contributed by atoms with Crippen LogP contribution >= 0.6 is 11.6 Å². The summed E-state index contributed by atoms with van der Waals surface area (Å²) in [5.74, 6) is -0.116. The van der Waals surface area contributed by atoms with Crippen LogP contribution in [0.5, 0.6) is 0 Å². The topological polar surface area (TPSA) is 37.4 Å². The Hall–Kier alpha value is -2.13. The predicted molar refractivity (Wildman–Crippen MR) is 83.0 cm³/mol. The Bertz CT molecular complexity index is 707. The Balaban J connectivity index is 1.87. The van der Waals surface area contributed by atoms with E-state index < -0.39 is 5.38 Å². The van der Waals surface area contributed by atoms with Crippen molar-refractivity contribution in [2.45, 2.75) is 18.8 Å². The monoisotopic (exact) mass is 299 g/mol. The van der Waals surface area contributed by atoms with Crippen LogP contribution in [0.4, 0.5) is 5.69 Å². The third-order valence-electron chi connectivity index (χ3n) is 3.65. The van der Waals surface area contributed by atoms with Crippen LogP contribution in [0.25, 0.3) is 0 Å². The standard InChI is InChI=1S/C17H14ClNO2/c1-11(18)16(20)12-6-8-14(9-7-12)19-10-13-4-2-3-5-15(13)17(19)21/h2-9,11H,10H2,1H3. The van der Waals surface area contributed by atoms with E-state index in [9.17, 15) is 9.59 Å². The van der Waals surface area contributed by atoms with Crippen LogP contribution in [0.2, 0.25) is 0 Å². The summed E-state index contributed by atoms with van der Waals surface area (Å²) in [4.78, 5) is 25.9. The fourth-order valence-corrected chi connectivity index (χ4v) is 2.62. The summed E-state index contributed by atoms with van der Waals surface area (Å²) in [6.07, 6.45) is 0. The van der Waals surface area contributed by atoms with Crippen molar-refractivity contribution >= 4 is 29.0 Å². The van der Waals surface area contributed by atoms with Crippen LogP contribution in [0, 0.1) is 0 Å². The lowest BCUT2D eigenvalue weighted by molar-refractivity contribution is 0.0987. The van der Waals surface area contributed by atoms with Gasteiger partial charge in [0.2, 0.25) is 0 Å². The third kappa shape index (κ3) is 2.45. The summed E-state index contributed by atoms with van der Waals surface area (Å²) in [6.45, 7) is 2.21. The smallest absolute Gasteiger partial charge is 0.258 e. The van der Waals surface area contributed by atoms with Crippen molar-refractivity contribution in [3.8, 4) is 0 Å². The van der Waals surface area contributed by atoms with Crippen molar-refractivity contribution < 1.29 is 9.59 Å². The molecule has 0 aliphatic carbocycles. The van der Waals surface area contributed by atoms with Crippen molar-refractivity contribution in [2.24, 2.45) is 0 Å². The molecular weight excluding hydrogens is 286 g/mol. The van der Waals surface area contributed by atoms with Crippen LogP contribution in [-0.2, 0) is 6.54 Å². The first-order valence-corrected chi connectivity index (χ1v) is 7.19. The number of Topliss-reactive ketones (excluding diaryl/α,β-unsaturated/α-hetero) is 1. The molecule has 1 atom stereocenters. The zero-order chi connectivity index (χ0) is 15.0. The zero-order valence-corrected chi connectivity index (χ0v) is 12.3. The fraction of sp³-hybridized carbons (Fsp3) is 0.176. The number of rotatable bonds is 3. The van der Waals surface area contributed by atoms with Crippen molar-refractivity contribution in [1.29, 1.82) is 0 Å². The normalized spacial score (nSPS) is 15.0. The van der Waals surface area contributed by atoms with Crippen LogP contribution in [-0.4, -0.2) is 17.1 Å². The number of alkyl halides is 1. The maximum Gasteiger partial charge on any atom is 0.258 e. The van der Waals surface area contributed by atoms with E-state index in [1.54, 1.807) is 36.1 Å². The second kappa shape index (κ2) is 5.34. The molecule has 1 heterocycles. The van der Waals surface area contributed by atoms with Gasteiger partial charge in [0.25, 0.3) is 5.91 Å². The quantitative estimate of drug-likeness (QED) is 0.641. The lowest BCUT2D eigenvalue weighted by Crippen LogP contribution is -2.23. The number of ketones is 1. The predicted octanol–water partition coefficient (Wildman–Crippen LogP) is 3.66. The molecule has 0 radical (unpaired) electrons. The molecule has 2 aromatic carbocycles. The van der Waals surface area contributed by atoms with Gasteiger partial charge in [-0.1, -0.05) is 18.2 Å². The minimum atomic E-state index is -0.548. The van der Waals surface area contributed by atoms with Gasteiger partial charge in [-0.05, 0) is 42.8 Å². The Morgan fingerprint density at radius 3 is 2.43 bits per heavy atom. The van der Waals surface area contributed by atoms with Gasteiger partial charge < -0.3 is 4.90 Å². The molecule has 1 aliphatic rings. The molecule has 0 saturated carbocycles. The zero-order valence-electron chi connectivity index (χ0n) is 11.5. The van der Waals surface area contributed by atoms with Crippen molar-refractivity contribution in [3.63, 3.8) is 0 Å². The lowest BCUT2D eigenvalue weighted by Gasteiger charge is -2.16. The van der Waals surface area contributed by atoms with Gasteiger partial charge >= 0.3 is 0 Å². The van der Waals surface area contributed by atoms with Crippen LogP contribution < -0.4 is 4.90 Å². The highest BCUT2D eigenvalue weighted by Crippen LogP contribution is 2.28. The Kier molecular flexibility index (Phi) is 3.52. The first-order chi connectivity index (χ1) is 10.1. The molecule has 106 valence electrons. The lowest BCUT2D eigenvalue weighted by atomic mass is 10.1. The van der Waals surface area contributed by atoms with Gasteiger partial charge in [-0.2, -0.15) is 0 Å². The van der Waals surface area contributed by atoms with Gasteiger partial charge in [0.1, 0.15) is 0 Å². The molecule has 0 aromatic heterocycles. The molecule has 1 aliphatic heterocycles. The second-order valence-corrected chi connectivity index (χ2v) is 5.73. The summed E-state index contributed by atoms with van der Waals surface area (Å²) in [5, 5.41) is -0.548. The summed E-state index contributed by atoms with van der Waals surface area (Å²) in [7, 11) is 0. The van der Waals surface area contributed by atoms with Crippen molar-refractivity contribution in [1.82, 2.24) is 0 Å². The van der Waals surface area contributed by atoms with E-state index in [-0.39, 0.29) is 11.7 Å². The molecule has 3 nitrogen and oxygen atoms in total. The molecule has 2 aromatic rings. The summed E-state index contributed by atoms with van der Waals surface area (Å²) in [5.41, 5.74) is 3.12. The van der Waals surface area contributed by atoms with Crippen LogP contribution in [0.1, 0.15) is 33.2 Å². The number of benzene rings is 2. The SMILES string of the molecule is CC(Cl)C(=O)c1ccc(N2Cc3ccccc3C2=O)cc1. The molecule has 4 heteroatoms. The molecule has 1 amide bonds. The maximum atomic E-state index is 12.4. The molecule has 1 unspecified atom stereocenters. The van der Waals surface area contributed by atoms with Gasteiger partial charge in [0, 0.05) is 16.8 Å². The maximum absolute atomic E-state index is 12.4. The minimum absolute atomic E-state index is 0.00427. The summed E-state index contributed by atoms with van der Waals surface area (Å²) >= 11 is 5.80. The molecule has 3 rings (SSSR count). The van der Waals surface area contributed by atoms with E-state index in [0.29, 0.717) is 12.1 Å². The summed E-state index contributed by atoms with van der Waals surface area (Å²) in [6, 6.07) is 14.6. The molecule has 0 spiro atoms. The van der Waals surface area contributed by atoms with E-state index in [4.69, 9.17) is 11.6 Å². The highest BCUT2D eigenvalue weighted by atomic mass is 35.5. The first-order valence-electron chi connectivity index (χ1n) is 6.76. The van der Waals surface area contributed by atoms with Gasteiger partial charge in [0.15, 0.2) is 5.78 Å². The fourth-order valence-electron chi connectivity index (χ4n) is 2.50. The van der Waals surface area contributed by atoms with Crippen molar-refractivity contribution in [2.75, 3.05) is 4.90 Å². The highest BCUT2D eigenvalue weighted by molar-refractivity contribution is 6.33. The molecule has 0 N–H and O–H groups in total. The summed E-state index contributed by atoms with van der Waals surface area (Å²) < 4.78 is 0. The van der Waals surface area contributed by atoms with E-state index in [2.05, 4.69) is 0 Å². The number of fused-ring (bicyclic) bond motifs is 1. The third-order valence-corrected chi connectivity index (χ3v) is 3.84. The first kappa shape index (κ1) is 13.8. The van der Waals surface area contributed by atoms with E-state index in [1.807, 2.05) is 24.3 Å². The second-order valence-electron chi connectivity index (χ2n) is 5.08. The van der Waals surface area contributed by atoms with Gasteiger partial charge in [-0.25, -0.2) is 0 Å². The number of hydrogen-bond donors (Lipinski definition) is 0. The molecular formula is C17H14ClNO2. The van der Waals surface area contributed by atoms with E-state index >= 15 is 0 Å². The van der Waals surface area contributed by atoms with Gasteiger partial charge in [-0.3, -0.25) is 9.59 Å². The Labute approximate surface area is 128 Å². The number of halogens is 1. The van der Waals surface area contributed by atoms with Gasteiger partial charge in [-0.15, -0.1) is 11.6 Å². The molecule has 21 heavy (non-hydrogen) atoms. The van der Waals surface area contributed by atoms with E-state index in [0.717, 1.165) is 16.8 Å². The number of nitrogens with zero attached hydrogens (tertiary/aromatic N) is 1. The largest absolute Gasteiger partial charge is 0.304 e. The number of anilines is 1. The van der Waals surface area contributed by atoms with E-state index in [1.165, 1.54) is 0 Å². The molecule has 0 fully saturated rings. The highest BCUT2D eigenvalue weighted by Gasteiger charge is 2.27. The Morgan fingerprint density at radius 1 is 1.14 bits per heavy atom. The number of amides is 1. The number of carbonyl (C=O) groups is 2. The van der Waals surface area contributed by atoms with Gasteiger partial charge in [0.05, 0.1) is 11.9 Å². The van der Waals surface area contributed by atoms with Crippen LogP contribution in [0.3, 0.4) is 0 Å². The molecule has 0 bridgehead atoms. The van der Waals surface area contributed by atoms with Crippen LogP contribution in [0.15, 0.2) is 48.5 Å².